The van der Waals surface area contributed by atoms with Crippen LogP contribution in [0.5, 0.6) is 0 Å². The van der Waals surface area contributed by atoms with Crippen molar-refractivity contribution in [1.29, 1.82) is 0 Å². The largest absolute Gasteiger partial charge is 0.481 e. The van der Waals surface area contributed by atoms with Gasteiger partial charge in [0.05, 0.1) is 11.8 Å². The maximum Gasteiger partial charge on any atom is 0.307 e. The molecule has 0 spiro atoms. The second kappa shape index (κ2) is 2.72. The molecule has 2 bridgehead atoms. The summed E-state index contributed by atoms with van der Waals surface area (Å²) in [5, 5.41) is 17.8. The lowest BCUT2D eigenvalue weighted by molar-refractivity contribution is -0.156. The fourth-order valence-electron chi connectivity index (χ4n) is 3.00. The third-order valence-corrected chi connectivity index (χ3v) is 3.49. The molecule has 72 valence electrons. The fourth-order valence-corrected chi connectivity index (χ4v) is 3.00. The molecule has 4 heteroatoms. The van der Waals surface area contributed by atoms with Gasteiger partial charge in [-0.2, -0.15) is 0 Å². The molecular weight excluding hydrogens is 172 g/mol. The van der Waals surface area contributed by atoms with E-state index in [-0.39, 0.29) is 11.8 Å². The molecule has 4 atom stereocenters. The molecular formula is C9H12O4. The number of hydrogen-bond donors (Lipinski definition) is 2. The van der Waals surface area contributed by atoms with E-state index in [2.05, 4.69) is 0 Å². The van der Waals surface area contributed by atoms with Gasteiger partial charge in [-0.3, -0.25) is 9.59 Å². The molecule has 0 saturated heterocycles. The Morgan fingerprint density at radius 2 is 1.31 bits per heavy atom. The van der Waals surface area contributed by atoms with E-state index in [0.717, 1.165) is 19.3 Å². The number of fused-ring (bicyclic) bond motifs is 2. The first kappa shape index (κ1) is 8.53. The Morgan fingerprint density at radius 3 is 1.62 bits per heavy atom. The van der Waals surface area contributed by atoms with Crippen LogP contribution >= 0.6 is 0 Å². The highest BCUT2D eigenvalue weighted by molar-refractivity contribution is 5.81. The third-order valence-electron chi connectivity index (χ3n) is 3.49. The smallest absolute Gasteiger partial charge is 0.307 e. The van der Waals surface area contributed by atoms with Crippen LogP contribution < -0.4 is 0 Å². The summed E-state index contributed by atoms with van der Waals surface area (Å²) >= 11 is 0. The van der Waals surface area contributed by atoms with E-state index in [1.807, 2.05) is 0 Å². The molecule has 0 radical (unpaired) electrons. The maximum absolute atomic E-state index is 10.8. The van der Waals surface area contributed by atoms with Crippen molar-refractivity contribution in [2.24, 2.45) is 23.7 Å². The number of carbonyl (C=O) groups is 2. The van der Waals surface area contributed by atoms with Crippen LogP contribution in [-0.4, -0.2) is 22.2 Å². The van der Waals surface area contributed by atoms with Gasteiger partial charge in [0.2, 0.25) is 0 Å². The summed E-state index contributed by atoms with van der Waals surface area (Å²) in [6.45, 7) is 0. The van der Waals surface area contributed by atoms with Crippen molar-refractivity contribution < 1.29 is 19.8 Å². The van der Waals surface area contributed by atoms with Gasteiger partial charge in [-0.15, -0.1) is 0 Å². The van der Waals surface area contributed by atoms with Gasteiger partial charge in [0.15, 0.2) is 0 Å². The lowest BCUT2D eigenvalue weighted by Crippen LogP contribution is -2.34. The van der Waals surface area contributed by atoms with E-state index >= 15 is 0 Å². The average Bonchev–Trinajstić information content (AvgIpc) is 2.60. The summed E-state index contributed by atoms with van der Waals surface area (Å²) in [5.41, 5.74) is 0. The summed E-state index contributed by atoms with van der Waals surface area (Å²) < 4.78 is 0. The molecule has 2 N–H and O–H groups in total. The van der Waals surface area contributed by atoms with E-state index in [4.69, 9.17) is 10.2 Å². The molecule has 2 rings (SSSR count). The predicted molar refractivity (Wildman–Crippen MR) is 43.1 cm³/mol. The van der Waals surface area contributed by atoms with Crippen molar-refractivity contribution in [3.05, 3.63) is 0 Å². The monoisotopic (exact) mass is 184 g/mol. The van der Waals surface area contributed by atoms with Crippen LogP contribution in [0.15, 0.2) is 0 Å². The van der Waals surface area contributed by atoms with E-state index in [1.165, 1.54) is 0 Å². The molecule has 0 amide bonds. The Hall–Kier alpha value is -1.06. The van der Waals surface area contributed by atoms with E-state index in [0.29, 0.717) is 0 Å². The van der Waals surface area contributed by atoms with Crippen LogP contribution in [0.1, 0.15) is 19.3 Å². The third kappa shape index (κ3) is 1.12. The van der Waals surface area contributed by atoms with Crippen molar-refractivity contribution in [3.8, 4) is 0 Å². The lowest BCUT2D eigenvalue weighted by Gasteiger charge is -2.24. The van der Waals surface area contributed by atoms with Crippen LogP contribution in [0.4, 0.5) is 0 Å². The molecule has 4 nitrogen and oxygen atoms in total. The highest BCUT2D eigenvalue weighted by Crippen LogP contribution is 2.52. The Labute approximate surface area is 75.6 Å². The minimum absolute atomic E-state index is 0.114. The minimum atomic E-state index is -0.931. The predicted octanol–water partition coefficient (Wildman–Crippen LogP) is 0.818. The zero-order valence-corrected chi connectivity index (χ0v) is 7.14. The van der Waals surface area contributed by atoms with E-state index in [9.17, 15) is 9.59 Å². The van der Waals surface area contributed by atoms with E-state index in [1.54, 1.807) is 0 Å². The number of rotatable bonds is 2. The van der Waals surface area contributed by atoms with Crippen molar-refractivity contribution in [1.82, 2.24) is 0 Å². The summed E-state index contributed by atoms with van der Waals surface area (Å²) in [6, 6.07) is 0. The molecule has 2 saturated carbocycles. The molecule has 0 aliphatic heterocycles. The highest BCUT2D eigenvalue weighted by atomic mass is 16.4. The zero-order valence-electron chi connectivity index (χ0n) is 7.14. The molecule has 13 heavy (non-hydrogen) atoms. The van der Waals surface area contributed by atoms with Gasteiger partial charge in [0.1, 0.15) is 0 Å². The molecule has 0 heterocycles. The topological polar surface area (TPSA) is 74.6 Å². The molecule has 2 aliphatic rings. The highest BCUT2D eigenvalue weighted by Gasteiger charge is 2.54. The first-order chi connectivity index (χ1) is 6.11. The number of hydrogen-bond acceptors (Lipinski definition) is 2. The van der Waals surface area contributed by atoms with Gasteiger partial charge in [-0.25, -0.2) is 0 Å². The van der Waals surface area contributed by atoms with Gasteiger partial charge >= 0.3 is 11.9 Å². The quantitative estimate of drug-likeness (QED) is 0.666. The van der Waals surface area contributed by atoms with Gasteiger partial charge in [-0.1, -0.05) is 0 Å². The zero-order chi connectivity index (χ0) is 9.59. The van der Waals surface area contributed by atoms with Gasteiger partial charge in [0, 0.05) is 0 Å². The first-order valence-electron chi connectivity index (χ1n) is 4.57. The average molecular weight is 184 g/mol. The Balaban J connectivity index is 2.24. The summed E-state index contributed by atoms with van der Waals surface area (Å²) in [5.74, 6) is -2.89. The SMILES string of the molecule is O=C(O)[C@@H]1[C@@H]2CC[C@@H](C2)[C@H]1C(=O)O. The fraction of sp³-hybridized carbons (Fsp3) is 0.778. The van der Waals surface area contributed by atoms with Gasteiger partial charge < -0.3 is 10.2 Å². The number of carboxylic acids is 2. The number of aliphatic carboxylic acids is 2. The lowest BCUT2D eigenvalue weighted by atomic mass is 9.79. The second-order valence-electron chi connectivity index (χ2n) is 4.06. The van der Waals surface area contributed by atoms with E-state index < -0.39 is 23.8 Å². The molecule has 0 aromatic carbocycles. The van der Waals surface area contributed by atoms with Crippen molar-refractivity contribution in [3.63, 3.8) is 0 Å². The van der Waals surface area contributed by atoms with Crippen LogP contribution in [0.25, 0.3) is 0 Å². The normalized spacial score (nSPS) is 42.2. The standard InChI is InChI=1S/C9H12O4/c10-8(11)6-4-1-2-5(3-4)7(6)9(12)13/h4-7H,1-3H2,(H,10,11)(H,12,13)/t4-,5+,6-,7-/m1/s1. The molecule has 0 aromatic rings. The minimum Gasteiger partial charge on any atom is -0.481 e. The Morgan fingerprint density at radius 1 is 0.923 bits per heavy atom. The van der Waals surface area contributed by atoms with Crippen LogP contribution in [0, 0.1) is 23.7 Å². The van der Waals surface area contributed by atoms with Gasteiger partial charge in [0.25, 0.3) is 0 Å². The molecule has 2 aliphatic carbocycles. The van der Waals surface area contributed by atoms with Crippen LogP contribution in [0.2, 0.25) is 0 Å². The second-order valence-corrected chi connectivity index (χ2v) is 4.06. The van der Waals surface area contributed by atoms with Crippen molar-refractivity contribution in [2.45, 2.75) is 19.3 Å². The van der Waals surface area contributed by atoms with Gasteiger partial charge in [-0.05, 0) is 31.1 Å². The summed E-state index contributed by atoms with van der Waals surface area (Å²) in [6.07, 6.45) is 2.59. The van der Waals surface area contributed by atoms with Crippen LogP contribution in [-0.2, 0) is 9.59 Å². The first-order valence-corrected chi connectivity index (χ1v) is 4.57. The molecule has 0 unspecified atom stereocenters. The number of carboxylic acid groups (broad SMARTS) is 2. The maximum atomic E-state index is 10.8. The van der Waals surface area contributed by atoms with Crippen LogP contribution in [0.3, 0.4) is 0 Å². The summed E-state index contributed by atoms with van der Waals surface area (Å²) in [4.78, 5) is 21.7. The van der Waals surface area contributed by atoms with Crippen molar-refractivity contribution in [2.75, 3.05) is 0 Å². The molecule has 2 fully saturated rings. The Kier molecular flexibility index (Phi) is 1.78. The molecule has 0 aromatic heterocycles. The van der Waals surface area contributed by atoms with Crippen molar-refractivity contribution >= 4 is 11.9 Å². The Bertz CT molecular complexity index is 234. The summed E-state index contributed by atoms with van der Waals surface area (Å²) in [7, 11) is 0.